The van der Waals surface area contributed by atoms with E-state index in [1.807, 2.05) is 6.92 Å². The van der Waals surface area contributed by atoms with E-state index >= 15 is 0 Å². The topological polar surface area (TPSA) is 99.4 Å². The number of carbonyl (C=O) groups excluding carboxylic acids is 1. The number of pyridine rings is 2. The van der Waals surface area contributed by atoms with Crippen LogP contribution in [0.3, 0.4) is 0 Å². The van der Waals surface area contributed by atoms with Crippen LogP contribution in [-0.2, 0) is 4.74 Å². The van der Waals surface area contributed by atoms with Crippen LogP contribution < -0.4 is 15.8 Å². The first kappa shape index (κ1) is 14.6. The van der Waals surface area contributed by atoms with Crippen molar-refractivity contribution in [1.82, 2.24) is 9.97 Å². The fourth-order valence-electron chi connectivity index (χ4n) is 1.69. The number of ether oxygens (including phenoxy) is 2. The Bertz CT molecular complexity index is 629. The minimum Gasteiger partial charge on any atom is -0.478 e. The van der Waals surface area contributed by atoms with Gasteiger partial charge in [-0.25, -0.2) is 14.8 Å². The van der Waals surface area contributed by atoms with Crippen molar-refractivity contribution in [3.63, 3.8) is 0 Å². The van der Waals surface area contributed by atoms with Crippen LogP contribution in [0.4, 0.5) is 17.2 Å². The highest BCUT2D eigenvalue weighted by Crippen LogP contribution is 2.24. The van der Waals surface area contributed by atoms with Crippen LogP contribution >= 0.6 is 0 Å². The van der Waals surface area contributed by atoms with Gasteiger partial charge in [-0.1, -0.05) is 0 Å². The van der Waals surface area contributed by atoms with E-state index in [9.17, 15) is 4.79 Å². The van der Waals surface area contributed by atoms with Gasteiger partial charge in [-0.2, -0.15) is 0 Å². The molecule has 0 saturated carbocycles. The van der Waals surface area contributed by atoms with Crippen molar-refractivity contribution in [1.29, 1.82) is 0 Å². The Morgan fingerprint density at radius 2 is 2.14 bits per heavy atom. The number of aromatic nitrogens is 2. The molecule has 2 aromatic rings. The van der Waals surface area contributed by atoms with E-state index in [0.29, 0.717) is 24.0 Å². The number of hydrogen-bond acceptors (Lipinski definition) is 7. The van der Waals surface area contributed by atoms with E-state index < -0.39 is 5.97 Å². The van der Waals surface area contributed by atoms with Gasteiger partial charge >= 0.3 is 5.97 Å². The number of anilines is 3. The van der Waals surface area contributed by atoms with Crippen LogP contribution in [-0.4, -0.2) is 29.7 Å². The SMILES string of the molecule is CCOc1ccc(Nc2nccc(C(=O)OC)c2N)cn1. The summed E-state index contributed by atoms with van der Waals surface area (Å²) in [5.41, 5.74) is 7.07. The second-order valence-corrected chi connectivity index (χ2v) is 4.06. The molecule has 0 radical (unpaired) electrons. The minimum absolute atomic E-state index is 0.221. The molecule has 7 nitrogen and oxygen atoms in total. The molecular formula is C14H16N4O3. The molecule has 2 rings (SSSR count). The molecule has 0 fully saturated rings. The highest BCUT2D eigenvalue weighted by Gasteiger charge is 2.14. The van der Waals surface area contributed by atoms with Crippen molar-refractivity contribution in [2.24, 2.45) is 0 Å². The predicted octanol–water partition coefficient (Wildman–Crippen LogP) is 1.99. The summed E-state index contributed by atoms with van der Waals surface area (Å²) in [6.45, 7) is 2.44. The standard InChI is InChI=1S/C14H16N4O3/c1-3-21-11-5-4-9(8-17-11)18-13-12(15)10(6-7-16-13)14(19)20-2/h4-8H,3,15H2,1-2H3,(H,16,18). The first-order valence-corrected chi connectivity index (χ1v) is 6.34. The Balaban J connectivity index is 2.21. The number of nitrogens with one attached hydrogen (secondary N) is 1. The lowest BCUT2D eigenvalue weighted by atomic mass is 10.2. The van der Waals surface area contributed by atoms with Crippen molar-refractivity contribution >= 4 is 23.2 Å². The van der Waals surface area contributed by atoms with E-state index in [2.05, 4.69) is 20.0 Å². The Morgan fingerprint density at radius 3 is 2.76 bits per heavy atom. The molecule has 110 valence electrons. The van der Waals surface area contributed by atoms with Gasteiger partial charge in [0, 0.05) is 12.3 Å². The summed E-state index contributed by atoms with van der Waals surface area (Å²) in [6.07, 6.45) is 3.07. The second-order valence-electron chi connectivity index (χ2n) is 4.06. The highest BCUT2D eigenvalue weighted by molar-refractivity contribution is 5.97. The zero-order valence-electron chi connectivity index (χ0n) is 11.8. The summed E-state index contributed by atoms with van der Waals surface area (Å²) in [6, 6.07) is 5.01. The van der Waals surface area contributed by atoms with Crippen molar-refractivity contribution < 1.29 is 14.3 Å². The molecule has 0 aliphatic carbocycles. The van der Waals surface area contributed by atoms with E-state index in [0.717, 1.165) is 0 Å². The molecule has 0 aliphatic rings. The Morgan fingerprint density at radius 1 is 1.33 bits per heavy atom. The molecule has 0 aromatic carbocycles. The van der Waals surface area contributed by atoms with Gasteiger partial charge in [0.15, 0.2) is 5.82 Å². The summed E-state index contributed by atoms with van der Waals surface area (Å²) in [4.78, 5) is 19.8. The number of rotatable bonds is 5. The van der Waals surface area contributed by atoms with Crippen molar-refractivity contribution in [3.8, 4) is 5.88 Å². The van der Waals surface area contributed by atoms with Gasteiger partial charge in [0.2, 0.25) is 5.88 Å². The van der Waals surface area contributed by atoms with Gasteiger partial charge < -0.3 is 20.5 Å². The molecule has 0 aliphatic heterocycles. The third-order valence-corrected chi connectivity index (χ3v) is 2.69. The van der Waals surface area contributed by atoms with Gasteiger partial charge in [-0.05, 0) is 19.1 Å². The molecule has 21 heavy (non-hydrogen) atoms. The molecule has 0 atom stereocenters. The summed E-state index contributed by atoms with van der Waals surface area (Å²) in [5.74, 6) is 0.388. The lowest BCUT2D eigenvalue weighted by Gasteiger charge is -2.11. The molecule has 2 aromatic heterocycles. The van der Waals surface area contributed by atoms with E-state index in [-0.39, 0.29) is 11.3 Å². The van der Waals surface area contributed by atoms with Crippen LogP contribution in [0.25, 0.3) is 0 Å². The number of methoxy groups -OCH3 is 1. The Kier molecular flexibility index (Phi) is 4.55. The highest BCUT2D eigenvalue weighted by atomic mass is 16.5. The Hall–Kier alpha value is -2.83. The van der Waals surface area contributed by atoms with Crippen LogP contribution in [0.2, 0.25) is 0 Å². The molecule has 0 bridgehead atoms. The van der Waals surface area contributed by atoms with Gasteiger partial charge in [-0.3, -0.25) is 0 Å². The normalized spacial score (nSPS) is 10.0. The van der Waals surface area contributed by atoms with Gasteiger partial charge in [0.1, 0.15) is 0 Å². The lowest BCUT2D eigenvalue weighted by Crippen LogP contribution is -2.09. The molecule has 7 heteroatoms. The van der Waals surface area contributed by atoms with Gasteiger partial charge in [0.05, 0.1) is 36.9 Å². The average Bonchev–Trinajstić information content (AvgIpc) is 2.51. The van der Waals surface area contributed by atoms with Gasteiger partial charge in [-0.15, -0.1) is 0 Å². The first-order valence-electron chi connectivity index (χ1n) is 6.34. The predicted molar refractivity (Wildman–Crippen MR) is 78.7 cm³/mol. The van der Waals surface area contributed by atoms with E-state index in [4.69, 9.17) is 10.5 Å². The first-order chi connectivity index (χ1) is 10.2. The molecule has 0 spiro atoms. The largest absolute Gasteiger partial charge is 0.478 e. The number of carbonyl (C=O) groups is 1. The number of nitrogens with zero attached hydrogens (tertiary/aromatic N) is 2. The molecule has 2 heterocycles. The average molecular weight is 288 g/mol. The summed E-state index contributed by atoms with van der Waals surface area (Å²) >= 11 is 0. The smallest absolute Gasteiger partial charge is 0.340 e. The molecule has 0 unspecified atom stereocenters. The fraction of sp³-hybridized carbons (Fsp3) is 0.214. The molecule has 0 saturated heterocycles. The van der Waals surface area contributed by atoms with Gasteiger partial charge in [0.25, 0.3) is 0 Å². The number of hydrogen-bond donors (Lipinski definition) is 2. The summed E-state index contributed by atoms with van der Waals surface area (Å²) < 4.78 is 9.92. The van der Waals surface area contributed by atoms with Crippen LogP contribution in [0.15, 0.2) is 30.6 Å². The molecule has 0 amide bonds. The van der Waals surface area contributed by atoms with Crippen LogP contribution in [0, 0.1) is 0 Å². The van der Waals surface area contributed by atoms with Crippen LogP contribution in [0.5, 0.6) is 5.88 Å². The summed E-state index contributed by atoms with van der Waals surface area (Å²) in [7, 11) is 1.30. The Labute approximate surface area is 122 Å². The third kappa shape index (κ3) is 3.38. The summed E-state index contributed by atoms with van der Waals surface area (Å²) in [5, 5.41) is 3.00. The third-order valence-electron chi connectivity index (χ3n) is 2.69. The number of esters is 1. The van der Waals surface area contributed by atoms with E-state index in [1.165, 1.54) is 19.4 Å². The maximum atomic E-state index is 11.6. The fourth-order valence-corrected chi connectivity index (χ4v) is 1.69. The minimum atomic E-state index is -0.511. The molecular weight excluding hydrogens is 272 g/mol. The van der Waals surface area contributed by atoms with Crippen LogP contribution in [0.1, 0.15) is 17.3 Å². The number of nitrogen functional groups attached to an aromatic ring is 1. The van der Waals surface area contributed by atoms with Crippen molar-refractivity contribution in [2.75, 3.05) is 24.8 Å². The maximum Gasteiger partial charge on any atom is 0.340 e. The monoisotopic (exact) mass is 288 g/mol. The van der Waals surface area contributed by atoms with Crippen molar-refractivity contribution in [3.05, 3.63) is 36.2 Å². The van der Waals surface area contributed by atoms with E-state index in [1.54, 1.807) is 18.3 Å². The zero-order chi connectivity index (χ0) is 15.2. The quantitative estimate of drug-likeness (QED) is 0.811. The molecule has 3 N–H and O–H groups in total. The maximum absolute atomic E-state index is 11.6. The lowest BCUT2D eigenvalue weighted by molar-refractivity contribution is 0.0602. The number of nitrogens with two attached hydrogens (primary N) is 1. The van der Waals surface area contributed by atoms with Crippen molar-refractivity contribution in [2.45, 2.75) is 6.92 Å². The zero-order valence-corrected chi connectivity index (χ0v) is 11.8. The second kappa shape index (κ2) is 6.56.